The topological polar surface area (TPSA) is 12.0 Å². The van der Waals surface area contributed by atoms with Crippen molar-refractivity contribution in [2.75, 3.05) is 6.54 Å². The maximum atomic E-state index is 13.2. The van der Waals surface area contributed by atoms with Crippen molar-refractivity contribution < 1.29 is 4.39 Å². The van der Waals surface area contributed by atoms with Crippen LogP contribution in [0.5, 0.6) is 0 Å². The SMILES string of the molecule is CCCNC(CCCC(C)C)Cc1cccc(F)c1. The molecule has 1 aromatic carbocycles. The summed E-state index contributed by atoms with van der Waals surface area (Å²) in [4.78, 5) is 0. The van der Waals surface area contributed by atoms with E-state index in [1.165, 1.54) is 25.3 Å². The molecule has 0 saturated carbocycles. The summed E-state index contributed by atoms with van der Waals surface area (Å²) in [7, 11) is 0. The van der Waals surface area contributed by atoms with Crippen molar-refractivity contribution in [1.82, 2.24) is 5.32 Å². The zero-order valence-electron chi connectivity index (χ0n) is 12.6. The second-order valence-corrected chi connectivity index (χ2v) is 5.81. The summed E-state index contributed by atoms with van der Waals surface area (Å²) < 4.78 is 13.2. The van der Waals surface area contributed by atoms with Gasteiger partial charge in [0, 0.05) is 6.04 Å². The lowest BCUT2D eigenvalue weighted by atomic mass is 9.98. The molecule has 108 valence electrons. The van der Waals surface area contributed by atoms with Gasteiger partial charge < -0.3 is 5.32 Å². The Morgan fingerprint density at radius 2 is 2.00 bits per heavy atom. The van der Waals surface area contributed by atoms with Crippen LogP contribution in [0.3, 0.4) is 0 Å². The van der Waals surface area contributed by atoms with Crippen LogP contribution in [0.1, 0.15) is 52.0 Å². The minimum atomic E-state index is -0.131. The van der Waals surface area contributed by atoms with Gasteiger partial charge in [-0.05, 0) is 49.4 Å². The van der Waals surface area contributed by atoms with E-state index < -0.39 is 0 Å². The van der Waals surface area contributed by atoms with E-state index in [0.29, 0.717) is 6.04 Å². The molecular weight excluding hydrogens is 237 g/mol. The van der Waals surface area contributed by atoms with Gasteiger partial charge in [0.05, 0.1) is 0 Å². The monoisotopic (exact) mass is 265 g/mol. The first-order chi connectivity index (χ1) is 9.11. The Morgan fingerprint density at radius 3 is 2.63 bits per heavy atom. The lowest BCUT2D eigenvalue weighted by Gasteiger charge is -2.19. The highest BCUT2D eigenvalue weighted by Crippen LogP contribution is 2.13. The lowest BCUT2D eigenvalue weighted by Crippen LogP contribution is -2.31. The highest BCUT2D eigenvalue weighted by Gasteiger charge is 2.09. The average Bonchev–Trinajstić information content (AvgIpc) is 2.35. The molecule has 2 heteroatoms. The Bertz CT molecular complexity index is 349. The van der Waals surface area contributed by atoms with E-state index in [2.05, 4.69) is 26.1 Å². The van der Waals surface area contributed by atoms with Crippen LogP contribution in [0.25, 0.3) is 0 Å². The first kappa shape index (κ1) is 16.2. The Hall–Kier alpha value is -0.890. The zero-order chi connectivity index (χ0) is 14.1. The average molecular weight is 265 g/mol. The number of hydrogen-bond donors (Lipinski definition) is 1. The van der Waals surface area contributed by atoms with Crippen molar-refractivity contribution in [2.45, 2.75) is 58.9 Å². The molecule has 1 nitrogen and oxygen atoms in total. The predicted octanol–water partition coefficient (Wildman–Crippen LogP) is 4.56. The molecule has 0 spiro atoms. The lowest BCUT2D eigenvalue weighted by molar-refractivity contribution is 0.434. The van der Waals surface area contributed by atoms with Crippen LogP contribution in [-0.2, 0) is 6.42 Å². The zero-order valence-corrected chi connectivity index (χ0v) is 12.6. The van der Waals surface area contributed by atoms with Crippen LogP contribution in [0, 0.1) is 11.7 Å². The standard InChI is InChI=1S/C17H28FN/c1-4-11-19-17(10-5-7-14(2)3)13-15-8-6-9-16(18)12-15/h6,8-9,12,14,17,19H,4-5,7,10-11,13H2,1-3H3. The smallest absolute Gasteiger partial charge is 0.123 e. The molecule has 1 atom stereocenters. The molecule has 1 aromatic rings. The van der Waals surface area contributed by atoms with Crippen LogP contribution in [0.4, 0.5) is 4.39 Å². The van der Waals surface area contributed by atoms with Gasteiger partial charge in [-0.15, -0.1) is 0 Å². The Labute approximate surface area is 117 Å². The number of rotatable bonds is 9. The van der Waals surface area contributed by atoms with E-state index in [1.54, 1.807) is 12.1 Å². The number of benzene rings is 1. The maximum Gasteiger partial charge on any atom is 0.123 e. The van der Waals surface area contributed by atoms with Crippen molar-refractivity contribution >= 4 is 0 Å². The molecule has 0 bridgehead atoms. The molecule has 0 aliphatic carbocycles. The Balaban J connectivity index is 2.48. The van der Waals surface area contributed by atoms with Gasteiger partial charge in [0.2, 0.25) is 0 Å². The second-order valence-electron chi connectivity index (χ2n) is 5.81. The van der Waals surface area contributed by atoms with Gasteiger partial charge in [-0.3, -0.25) is 0 Å². The Kier molecular flexibility index (Phi) is 7.73. The van der Waals surface area contributed by atoms with Gasteiger partial charge in [-0.25, -0.2) is 4.39 Å². The third-order valence-electron chi connectivity index (χ3n) is 3.39. The fourth-order valence-corrected chi connectivity index (χ4v) is 2.35. The molecule has 1 N–H and O–H groups in total. The fourth-order valence-electron chi connectivity index (χ4n) is 2.35. The van der Waals surface area contributed by atoms with E-state index >= 15 is 0 Å². The van der Waals surface area contributed by atoms with Crippen LogP contribution in [0.2, 0.25) is 0 Å². The van der Waals surface area contributed by atoms with Crippen molar-refractivity contribution in [2.24, 2.45) is 5.92 Å². The van der Waals surface area contributed by atoms with Crippen LogP contribution in [0.15, 0.2) is 24.3 Å². The molecule has 0 amide bonds. The molecule has 0 radical (unpaired) electrons. The van der Waals surface area contributed by atoms with E-state index in [4.69, 9.17) is 0 Å². The van der Waals surface area contributed by atoms with Gasteiger partial charge in [0.1, 0.15) is 5.82 Å². The summed E-state index contributed by atoms with van der Waals surface area (Å²) in [6.07, 6.45) is 5.76. The molecule has 1 unspecified atom stereocenters. The van der Waals surface area contributed by atoms with Crippen LogP contribution < -0.4 is 5.32 Å². The van der Waals surface area contributed by atoms with Crippen molar-refractivity contribution in [3.05, 3.63) is 35.6 Å². The second kappa shape index (κ2) is 9.08. The van der Waals surface area contributed by atoms with E-state index in [-0.39, 0.29) is 5.82 Å². The van der Waals surface area contributed by atoms with Crippen molar-refractivity contribution in [3.63, 3.8) is 0 Å². The molecule has 0 fully saturated rings. The van der Waals surface area contributed by atoms with Crippen LogP contribution >= 0.6 is 0 Å². The third kappa shape index (κ3) is 7.31. The Morgan fingerprint density at radius 1 is 1.21 bits per heavy atom. The third-order valence-corrected chi connectivity index (χ3v) is 3.39. The summed E-state index contributed by atoms with van der Waals surface area (Å²) in [6.45, 7) is 7.75. The molecule has 0 saturated heterocycles. The van der Waals surface area contributed by atoms with Gasteiger partial charge in [-0.2, -0.15) is 0 Å². The summed E-state index contributed by atoms with van der Waals surface area (Å²) in [5.41, 5.74) is 1.10. The van der Waals surface area contributed by atoms with Gasteiger partial charge in [0.25, 0.3) is 0 Å². The molecular formula is C17H28FN. The molecule has 0 aromatic heterocycles. The number of nitrogens with one attached hydrogen (secondary N) is 1. The molecule has 0 heterocycles. The first-order valence-electron chi connectivity index (χ1n) is 7.59. The van der Waals surface area contributed by atoms with Gasteiger partial charge in [0.15, 0.2) is 0 Å². The summed E-state index contributed by atoms with van der Waals surface area (Å²) in [6, 6.07) is 7.46. The van der Waals surface area contributed by atoms with Crippen LogP contribution in [-0.4, -0.2) is 12.6 Å². The summed E-state index contributed by atoms with van der Waals surface area (Å²) in [5.74, 6) is 0.634. The van der Waals surface area contributed by atoms with E-state index in [1.807, 2.05) is 6.07 Å². The quantitative estimate of drug-likeness (QED) is 0.690. The van der Waals surface area contributed by atoms with Gasteiger partial charge >= 0.3 is 0 Å². The summed E-state index contributed by atoms with van der Waals surface area (Å²) >= 11 is 0. The van der Waals surface area contributed by atoms with Crippen molar-refractivity contribution in [1.29, 1.82) is 0 Å². The summed E-state index contributed by atoms with van der Waals surface area (Å²) in [5, 5.41) is 3.59. The maximum absolute atomic E-state index is 13.2. The predicted molar refractivity (Wildman–Crippen MR) is 80.9 cm³/mol. The molecule has 19 heavy (non-hydrogen) atoms. The van der Waals surface area contributed by atoms with E-state index in [9.17, 15) is 4.39 Å². The first-order valence-corrected chi connectivity index (χ1v) is 7.59. The molecule has 1 rings (SSSR count). The number of halogens is 1. The number of hydrogen-bond acceptors (Lipinski definition) is 1. The highest BCUT2D eigenvalue weighted by atomic mass is 19.1. The fraction of sp³-hybridized carbons (Fsp3) is 0.647. The molecule has 0 aliphatic heterocycles. The molecule has 0 aliphatic rings. The minimum Gasteiger partial charge on any atom is -0.314 e. The normalized spacial score (nSPS) is 12.9. The largest absolute Gasteiger partial charge is 0.314 e. The van der Waals surface area contributed by atoms with Crippen molar-refractivity contribution in [3.8, 4) is 0 Å². The minimum absolute atomic E-state index is 0.131. The van der Waals surface area contributed by atoms with E-state index in [0.717, 1.165) is 30.9 Å². The highest BCUT2D eigenvalue weighted by molar-refractivity contribution is 5.17. The van der Waals surface area contributed by atoms with Gasteiger partial charge in [-0.1, -0.05) is 45.7 Å².